The number of rotatable bonds is 1. The van der Waals surface area contributed by atoms with Crippen molar-refractivity contribution in [1.82, 2.24) is 15.2 Å². The predicted octanol–water partition coefficient (Wildman–Crippen LogP) is 1.39. The van der Waals surface area contributed by atoms with Crippen LogP contribution in [0.4, 0.5) is 0 Å². The fourth-order valence-corrected chi connectivity index (χ4v) is 3.28. The van der Waals surface area contributed by atoms with Gasteiger partial charge < -0.3 is 15.2 Å². The smallest absolute Gasteiger partial charge is 0.255 e. The van der Waals surface area contributed by atoms with E-state index in [1.165, 1.54) is 0 Å². The van der Waals surface area contributed by atoms with Gasteiger partial charge in [-0.15, -0.1) is 0 Å². The summed E-state index contributed by atoms with van der Waals surface area (Å²) >= 11 is 0. The third-order valence-electron chi connectivity index (χ3n) is 4.49. The predicted molar refractivity (Wildman–Crippen MR) is 70.5 cm³/mol. The van der Waals surface area contributed by atoms with Crippen LogP contribution >= 0.6 is 0 Å². The van der Waals surface area contributed by atoms with E-state index in [9.17, 15) is 4.79 Å². The van der Waals surface area contributed by atoms with E-state index in [1.54, 1.807) is 0 Å². The van der Waals surface area contributed by atoms with Crippen LogP contribution in [0.5, 0.6) is 0 Å². The molecular weight excluding hydrogens is 226 g/mol. The number of nitrogens with one attached hydrogen (secondary N) is 2. The van der Waals surface area contributed by atoms with E-state index in [4.69, 9.17) is 0 Å². The highest BCUT2D eigenvalue weighted by Gasteiger charge is 2.31. The minimum Gasteiger partial charge on any atom is -0.365 e. The Bertz CT molecular complexity index is 426. The average Bonchev–Trinajstić information content (AvgIpc) is 2.94. The maximum Gasteiger partial charge on any atom is 0.255 e. The van der Waals surface area contributed by atoms with E-state index in [1.807, 2.05) is 24.1 Å². The molecule has 98 valence electrons. The monoisotopic (exact) mass is 247 g/mol. The summed E-state index contributed by atoms with van der Waals surface area (Å²) in [5.41, 5.74) is 1.81. The zero-order valence-electron chi connectivity index (χ0n) is 10.9. The van der Waals surface area contributed by atoms with Crippen molar-refractivity contribution in [3.63, 3.8) is 0 Å². The van der Waals surface area contributed by atoms with Gasteiger partial charge in [0.25, 0.3) is 5.91 Å². The molecule has 2 aliphatic rings. The number of likely N-dealkylation sites (tertiary alicyclic amines) is 1. The second-order valence-corrected chi connectivity index (χ2v) is 5.56. The van der Waals surface area contributed by atoms with Crippen molar-refractivity contribution in [2.75, 3.05) is 26.2 Å². The van der Waals surface area contributed by atoms with Gasteiger partial charge in [0, 0.05) is 25.0 Å². The van der Waals surface area contributed by atoms with Crippen LogP contribution in [0.1, 0.15) is 28.9 Å². The van der Waals surface area contributed by atoms with Crippen LogP contribution in [0.3, 0.4) is 0 Å². The molecule has 0 aliphatic carbocycles. The van der Waals surface area contributed by atoms with Crippen molar-refractivity contribution < 1.29 is 4.79 Å². The van der Waals surface area contributed by atoms with E-state index < -0.39 is 0 Å². The molecule has 0 unspecified atom stereocenters. The minimum atomic E-state index is 0.196. The quantitative estimate of drug-likeness (QED) is 0.788. The largest absolute Gasteiger partial charge is 0.365 e. The standard InChI is InChI=1S/C14H21N3O/c1-10-13(2-5-16-10)14(18)17-6-3-11-8-15-9-12(11)4-7-17/h2,5,11-12,15-16H,3-4,6-9H2,1H3/t11-,12+. The molecule has 2 N–H and O–H groups in total. The van der Waals surface area contributed by atoms with E-state index in [0.717, 1.165) is 62.1 Å². The second kappa shape index (κ2) is 4.76. The van der Waals surface area contributed by atoms with Crippen molar-refractivity contribution in [2.24, 2.45) is 11.8 Å². The third-order valence-corrected chi connectivity index (χ3v) is 4.49. The summed E-state index contributed by atoms with van der Waals surface area (Å²) in [6, 6.07) is 1.89. The highest BCUT2D eigenvalue weighted by atomic mass is 16.2. The maximum absolute atomic E-state index is 12.4. The zero-order valence-corrected chi connectivity index (χ0v) is 10.9. The van der Waals surface area contributed by atoms with Crippen LogP contribution in [0.2, 0.25) is 0 Å². The summed E-state index contributed by atoms with van der Waals surface area (Å²) in [5, 5.41) is 3.46. The molecule has 2 fully saturated rings. The summed E-state index contributed by atoms with van der Waals surface area (Å²) in [6.07, 6.45) is 4.14. The van der Waals surface area contributed by atoms with Gasteiger partial charge in [-0.05, 0) is 50.8 Å². The third kappa shape index (κ3) is 2.05. The summed E-state index contributed by atoms with van der Waals surface area (Å²) in [4.78, 5) is 17.6. The first kappa shape index (κ1) is 11.8. The Morgan fingerprint density at radius 2 is 1.94 bits per heavy atom. The molecule has 0 spiro atoms. The molecule has 2 saturated heterocycles. The highest BCUT2D eigenvalue weighted by Crippen LogP contribution is 2.27. The van der Waals surface area contributed by atoms with Crippen molar-refractivity contribution in [3.05, 3.63) is 23.5 Å². The summed E-state index contributed by atoms with van der Waals surface area (Å²) in [5.74, 6) is 1.74. The number of H-pyrrole nitrogens is 1. The number of carbonyl (C=O) groups is 1. The maximum atomic E-state index is 12.4. The van der Waals surface area contributed by atoms with Gasteiger partial charge in [-0.3, -0.25) is 4.79 Å². The average molecular weight is 247 g/mol. The van der Waals surface area contributed by atoms with Crippen LogP contribution in [-0.2, 0) is 0 Å². The number of nitrogens with zero attached hydrogens (tertiary/aromatic N) is 1. The number of aromatic amines is 1. The molecule has 4 nitrogen and oxygen atoms in total. The molecule has 1 aromatic heterocycles. The summed E-state index contributed by atoms with van der Waals surface area (Å²) in [6.45, 7) is 6.05. The minimum absolute atomic E-state index is 0.196. The van der Waals surface area contributed by atoms with Crippen LogP contribution < -0.4 is 5.32 Å². The first-order chi connectivity index (χ1) is 8.75. The molecule has 1 amide bonds. The lowest BCUT2D eigenvalue weighted by Gasteiger charge is -2.20. The van der Waals surface area contributed by atoms with E-state index in [-0.39, 0.29) is 5.91 Å². The number of fused-ring (bicyclic) bond motifs is 1. The number of carbonyl (C=O) groups excluding carboxylic acids is 1. The molecule has 3 heterocycles. The van der Waals surface area contributed by atoms with E-state index in [2.05, 4.69) is 10.3 Å². The summed E-state index contributed by atoms with van der Waals surface area (Å²) < 4.78 is 0. The Hall–Kier alpha value is -1.29. The number of hydrogen-bond donors (Lipinski definition) is 2. The number of amides is 1. The van der Waals surface area contributed by atoms with Crippen LogP contribution in [0, 0.1) is 18.8 Å². The molecule has 0 saturated carbocycles. The zero-order chi connectivity index (χ0) is 12.5. The molecule has 18 heavy (non-hydrogen) atoms. The highest BCUT2D eigenvalue weighted by molar-refractivity contribution is 5.95. The molecule has 1 aromatic rings. The Morgan fingerprint density at radius 1 is 1.28 bits per heavy atom. The van der Waals surface area contributed by atoms with Gasteiger partial charge in [0.05, 0.1) is 5.56 Å². The number of aryl methyl sites for hydroxylation is 1. The van der Waals surface area contributed by atoms with Crippen molar-refractivity contribution in [1.29, 1.82) is 0 Å². The van der Waals surface area contributed by atoms with Gasteiger partial charge in [0.2, 0.25) is 0 Å². The first-order valence-electron chi connectivity index (χ1n) is 6.89. The first-order valence-corrected chi connectivity index (χ1v) is 6.89. The lowest BCUT2D eigenvalue weighted by Crippen LogP contribution is -2.32. The van der Waals surface area contributed by atoms with Crippen molar-refractivity contribution in [3.8, 4) is 0 Å². The lowest BCUT2D eigenvalue weighted by molar-refractivity contribution is 0.0758. The van der Waals surface area contributed by atoms with Gasteiger partial charge in [-0.1, -0.05) is 0 Å². The molecule has 0 aromatic carbocycles. The van der Waals surface area contributed by atoms with Crippen LogP contribution in [-0.4, -0.2) is 42.0 Å². The van der Waals surface area contributed by atoms with Gasteiger partial charge in [-0.2, -0.15) is 0 Å². The normalized spacial score (nSPS) is 27.9. The molecule has 2 atom stereocenters. The Balaban J connectivity index is 1.70. The molecule has 0 radical (unpaired) electrons. The molecule has 3 rings (SSSR count). The Labute approximate surface area is 108 Å². The van der Waals surface area contributed by atoms with Crippen LogP contribution in [0.15, 0.2) is 12.3 Å². The van der Waals surface area contributed by atoms with Crippen molar-refractivity contribution in [2.45, 2.75) is 19.8 Å². The van der Waals surface area contributed by atoms with Gasteiger partial charge in [0.1, 0.15) is 0 Å². The number of hydrogen-bond acceptors (Lipinski definition) is 2. The van der Waals surface area contributed by atoms with E-state index in [0.29, 0.717) is 0 Å². The topological polar surface area (TPSA) is 48.1 Å². The SMILES string of the molecule is Cc1[nH]ccc1C(=O)N1CC[C@@H]2CNC[C@@H]2CC1. The lowest BCUT2D eigenvalue weighted by atomic mass is 9.92. The summed E-state index contributed by atoms with van der Waals surface area (Å²) in [7, 11) is 0. The van der Waals surface area contributed by atoms with Gasteiger partial charge in [0.15, 0.2) is 0 Å². The Morgan fingerprint density at radius 3 is 2.50 bits per heavy atom. The second-order valence-electron chi connectivity index (χ2n) is 5.56. The van der Waals surface area contributed by atoms with Crippen LogP contribution in [0.25, 0.3) is 0 Å². The fraction of sp³-hybridized carbons (Fsp3) is 0.643. The van der Waals surface area contributed by atoms with E-state index >= 15 is 0 Å². The molecule has 4 heteroatoms. The van der Waals surface area contributed by atoms with Gasteiger partial charge >= 0.3 is 0 Å². The fourth-order valence-electron chi connectivity index (χ4n) is 3.28. The molecule has 2 aliphatic heterocycles. The molecular formula is C14H21N3O. The van der Waals surface area contributed by atoms with Crippen molar-refractivity contribution >= 4 is 5.91 Å². The van der Waals surface area contributed by atoms with Gasteiger partial charge in [-0.25, -0.2) is 0 Å². The number of aromatic nitrogens is 1. The Kier molecular flexibility index (Phi) is 3.12. The molecule has 0 bridgehead atoms.